The van der Waals surface area contributed by atoms with Gasteiger partial charge in [0, 0.05) is 15.7 Å². The molecule has 7 heteroatoms. The van der Waals surface area contributed by atoms with E-state index in [1.165, 1.54) is 4.90 Å². The number of amides is 1. The van der Waals surface area contributed by atoms with E-state index >= 15 is 0 Å². The van der Waals surface area contributed by atoms with Gasteiger partial charge in [0.05, 0.1) is 12.2 Å². The molecule has 158 valence electrons. The summed E-state index contributed by atoms with van der Waals surface area (Å²) in [7, 11) is 0. The van der Waals surface area contributed by atoms with Gasteiger partial charge in [-0.25, -0.2) is 0 Å². The minimum atomic E-state index is -0.898. The lowest BCUT2D eigenvalue weighted by molar-refractivity contribution is -0.132. The third kappa shape index (κ3) is 3.88. The maximum absolute atomic E-state index is 13.1. The zero-order valence-electron chi connectivity index (χ0n) is 17.0. The van der Waals surface area contributed by atoms with Gasteiger partial charge in [-0.15, -0.1) is 0 Å². The number of aliphatic hydroxyl groups is 1. The van der Waals surface area contributed by atoms with Crippen molar-refractivity contribution >= 4 is 39.1 Å². The predicted octanol–water partition coefficient (Wildman–Crippen LogP) is 5.38. The van der Waals surface area contributed by atoms with Gasteiger partial charge in [0.1, 0.15) is 29.1 Å². The summed E-state index contributed by atoms with van der Waals surface area (Å²) in [6.07, 6.45) is 0. The summed E-state index contributed by atoms with van der Waals surface area (Å²) in [5.41, 5.74) is 0.871. The van der Waals surface area contributed by atoms with Gasteiger partial charge in [-0.05, 0) is 62.4 Å². The molecule has 1 saturated heterocycles. The van der Waals surface area contributed by atoms with Gasteiger partial charge in [0.25, 0.3) is 11.7 Å². The van der Waals surface area contributed by atoms with Crippen molar-refractivity contribution in [1.82, 2.24) is 0 Å². The molecule has 31 heavy (non-hydrogen) atoms. The summed E-state index contributed by atoms with van der Waals surface area (Å²) in [6.45, 7) is 4.10. The molecule has 4 rings (SSSR count). The number of aryl methyl sites for hydroxylation is 1. The van der Waals surface area contributed by atoms with E-state index in [1.54, 1.807) is 67.6 Å². The van der Waals surface area contributed by atoms with Crippen molar-refractivity contribution in [2.75, 3.05) is 11.5 Å². The molecule has 1 aliphatic rings. The highest BCUT2D eigenvalue weighted by Gasteiger charge is 2.48. The van der Waals surface area contributed by atoms with E-state index in [9.17, 15) is 14.7 Å². The number of ketones is 1. The van der Waals surface area contributed by atoms with E-state index in [-0.39, 0.29) is 11.3 Å². The summed E-state index contributed by atoms with van der Waals surface area (Å²) in [5.74, 6) is -0.209. The number of hydrogen-bond donors (Lipinski definition) is 1. The first-order valence-electron chi connectivity index (χ1n) is 9.77. The highest BCUT2D eigenvalue weighted by Crippen LogP contribution is 2.43. The summed E-state index contributed by atoms with van der Waals surface area (Å²) < 4.78 is 12.1. The minimum Gasteiger partial charge on any atom is -0.507 e. The van der Waals surface area contributed by atoms with Gasteiger partial charge in [-0.1, -0.05) is 28.1 Å². The van der Waals surface area contributed by atoms with Gasteiger partial charge in [-0.3, -0.25) is 14.5 Å². The summed E-state index contributed by atoms with van der Waals surface area (Å²) in [4.78, 5) is 27.5. The number of carbonyl (C=O) groups is 2. The number of nitrogens with zero attached hydrogens (tertiary/aromatic N) is 1. The van der Waals surface area contributed by atoms with E-state index in [2.05, 4.69) is 15.9 Å². The third-order valence-electron chi connectivity index (χ3n) is 5.00. The molecule has 0 radical (unpaired) electrons. The Morgan fingerprint density at radius 3 is 2.52 bits per heavy atom. The van der Waals surface area contributed by atoms with E-state index < -0.39 is 17.7 Å². The summed E-state index contributed by atoms with van der Waals surface area (Å²) in [5, 5.41) is 11.1. The largest absolute Gasteiger partial charge is 0.507 e. The summed E-state index contributed by atoms with van der Waals surface area (Å²) >= 11 is 3.38. The van der Waals surface area contributed by atoms with Gasteiger partial charge >= 0.3 is 0 Å². The van der Waals surface area contributed by atoms with Gasteiger partial charge in [-0.2, -0.15) is 0 Å². The Bertz CT molecular complexity index is 1180. The van der Waals surface area contributed by atoms with Crippen molar-refractivity contribution in [1.29, 1.82) is 0 Å². The Balaban J connectivity index is 1.90. The molecule has 2 heterocycles. The Hall–Kier alpha value is -3.32. The van der Waals surface area contributed by atoms with Gasteiger partial charge in [0.2, 0.25) is 0 Å². The molecular weight excluding hydrogens is 462 g/mol. The topological polar surface area (TPSA) is 80.0 Å². The normalized spacial score (nSPS) is 17.9. The smallest absolute Gasteiger partial charge is 0.300 e. The first kappa shape index (κ1) is 20.9. The second-order valence-electron chi connectivity index (χ2n) is 7.05. The molecule has 0 aliphatic carbocycles. The molecule has 1 N–H and O–H groups in total. The SMILES string of the molecule is CCOc1cccc(/C(O)=C2/C(=O)C(=O)N(c3ccc(Br)cc3)C2c2ccc(C)o2)c1. The first-order valence-corrected chi connectivity index (χ1v) is 10.6. The molecule has 1 aromatic heterocycles. The minimum absolute atomic E-state index is 0.0316. The number of rotatable bonds is 5. The molecule has 0 spiro atoms. The molecule has 2 aromatic carbocycles. The number of Topliss-reactive ketones (excluding diaryl/α,β-unsaturated/α-hetero) is 1. The van der Waals surface area contributed by atoms with Crippen LogP contribution in [0.1, 0.15) is 30.0 Å². The Kier molecular flexibility index (Phi) is 5.69. The van der Waals surface area contributed by atoms with Crippen molar-refractivity contribution in [2.45, 2.75) is 19.9 Å². The second kappa shape index (κ2) is 8.43. The molecule has 1 amide bonds. The fourth-order valence-electron chi connectivity index (χ4n) is 3.63. The lowest BCUT2D eigenvalue weighted by Gasteiger charge is -2.23. The first-order chi connectivity index (χ1) is 14.9. The molecule has 0 saturated carbocycles. The zero-order valence-corrected chi connectivity index (χ0v) is 18.5. The van der Waals surface area contributed by atoms with Crippen LogP contribution in [0.4, 0.5) is 5.69 Å². The lowest BCUT2D eigenvalue weighted by Crippen LogP contribution is -2.29. The zero-order chi connectivity index (χ0) is 22.1. The van der Waals surface area contributed by atoms with E-state index in [4.69, 9.17) is 9.15 Å². The fourth-order valence-corrected chi connectivity index (χ4v) is 3.89. The van der Waals surface area contributed by atoms with Gasteiger partial charge in [0.15, 0.2) is 0 Å². The number of anilines is 1. The number of furan rings is 1. The van der Waals surface area contributed by atoms with Crippen LogP contribution in [0.15, 0.2) is 75.1 Å². The van der Waals surface area contributed by atoms with Crippen LogP contribution in [0, 0.1) is 6.92 Å². The van der Waals surface area contributed by atoms with E-state index in [0.29, 0.717) is 35.1 Å². The van der Waals surface area contributed by atoms with E-state index in [1.807, 2.05) is 6.92 Å². The van der Waals surface area contributed by atoms with Crippen LogP contribution in [-0.4, -0.2) is 23.4 Å². The third-order valence-corrected chi connectivity index (χ3v) is 5.53. The lowest BCUT2D eigenvalue weighted by atomic mass is 9.99. The number of aliphatic hydroxyl groups excluding tert-OH is 1. The average molecular weight is 482 g/mol. The summed E-state index contributed by atoms with van der Waals surface area (Å²) in [6, 6.07) is 16.4. The Morgan fingerprint density at radius 2 is 1.87 bits per heavy atom. The number of benzene rings is 2. The molecule has 0 bridgehead atoms. The highest BCUT2D eigenvalue weighted by molar-refractivity contribution is 9.10. The molecule has 1 fully saturated rings. The number of carbonyl (C=O) groups excluding carboxylic acids is 2. The van der Waals surface area contributed by atoms with Crippen LogP contribution in [-0.2, 0) is 9.59 Å². The molecule has 1 unspecified atom stereocenters. The molecule has 1 aliphatic heterocycles. The van der Waals surface area contributed by atoms with E-state index in [0.717, 1.165) is 4.47 Å². The molecule has 1 atom stereocenters. The Labute approximate surface area is 187 Å². The van der Waals surface area contributed by atoms with Crippen molar-refractivity contribution in [3.05, 3.63) is 87.8 Å². The maximum atomic E-state index is 13.1. The second-order valence-corrected chi connectivity index (χ2v) is 7.97. The van der Waals surface area contributed by atoms with Crippen LogP contribution in [0.5, 0.6) is 5.75 Å². The van der Waals surface area contributed by atoms with Crippen LogP contribution in [0.25, 0.3) is 5.76 Å². The van der Waals surface area contributed by atoms with Crippen LogP contribution in [0.3, 0.4) is 0 Å². The van der Waals surface area contributed by atoms with Crippen LogP contribution in [0.2, 0.25) is 0 Å². The predicted molar refractivity (Wildman–Crippen MR) is 120 cm³/mol. The van der Waals surface area contributed by atoms with Crippen molar-refractivity contribution in [2.24, 2.45) is 0 Å². The number of ether oxygens (including phenoxy) is 1. The molecular formula is C24H20BrNO5. The maximum Gasteiger partial charge on any atom is 0.300 e. The Morgan fingerprint density at radius 1 is 1.13 bits per heavy atom. The quantitative estimate of drug-likeness (QED) is 0.300. The highest BCUT2D eigenvalue weighted by atomic mass is 79.9. The molecule has 6 nitrogen and oxygen atoms in total. The van der Waals surface area contributed by atoms with Crippen molar-refractivity contribution in [3.8, 4) is 5.75 Å². The average Bonchev–Trinajstić information content (AvgIpc) is 3.30. The van der Waals surface area contributed by atoms with Crippen molar-refractivity contribution < 1.29 is 23.8 Å². The van der Waals surface area contributed by atoms with Crippen LogP contribution < -0.4 is 9.64 Å². The molecule has 3 aromatic rings. The standard InChI is InChI=1S/C24H20BrNO5/c1-3-30-18-6-4-5-15(13-18)22(27)20-21(19-12-7-14(2)31-19)26(24(29)23(20)28)17-10-8-16(25)9-11-17/h4-13,21,27H,3H2,1-2H3/b22-20-. The number of hydrogen-bond acceptors (Lipinski definition) is 5. The number of halogens is 1. The monoisotopic (exact) mass is 481 g/mol. The van der Waals surface area contributed by atoms with Crippen LogP contribution >= 0.6 is 15.9 Å². The van der Waals surface area contributed by atoms with Crippen molar-refractivity contribution in [3.63, 3.8) is 0 Å². The van der Waals surface area contributed by atoms with Gasteiger partial charge < -0.3 is 14.3 Å². The fraction of sp³-hybridized carbons (Fsp3) is 0.167.